The second-order valence-electron chi connectivity index (χ2n) is 5.09. The van der Waals surface area contributed by atoms with E-state index in [0.29, 0.717) is 17.1 Å². The molecule has 0 saturated heterocycles. The third kappa shape index (κ3) is 5.77. The molecule has 0 radical (unpaired) electrons. The minimum atomic E-state index is -0.770. The van der Waals surface area contributed by atoms with Crippen LogP contribution < -0.4 is 10.6 Å². The summed E-state index contributed by atoms with van der Waals surface area (Å²) < 4.78 is 5.19. The first-order valence-corrected chi connectivity index (χ1v) is 6.72. The number of amides is 2. The summed E-state index contributed by atoms with van der Waals surface area (Å²) in [6, 6.07) is 6.49. The van der Waals surface area contributed by atoms with Crippen LogP contribution in [0, 0.1) is 0 Å². The molecule has 0 saturated carbocycles. The molecule has 0 aromatic heterocycles. The van der Waals surface area contributed by atoms with Gasteiger partial charge in [-0.2, -0.15) is 0 Å². The number of halogens is 1. The van der Waals surface area contributed by atoms with E-state index in [0.717, 1.165) is 0 Å². The van der Waals surface area contributed by atoms with Crippen LogP contribution in [0.3, 0.4) is 0 Å². The van der Waals surface area contributed by atoms with Crippen LogP contribution in [0.15, 0.2) is 24.3 Å². The molecule has 1 aromatic rings. The minimum Gasteiger partial charge on any atom is -0.387 e. The molecule has 0 aliphatic rings. The number of ether oxygens (including phenoxy) is 1. The molecule has 0 heterocycles. The van der Waals surface area contributed by atoms with E-state index in [1.807, 2.05) is 13.8 Å². The first-order valence-electron chi connectivity index (χ1n) is 6.34. The number of hydrogen-bond donors (Lipinski definition) is 3. The molecule has 6 heteroatoms. The first-order chi connectivity index (χ1) is 9.34. The molecule has 3 N–H and O–H groups in total. The Morgan fingerprint density at radius 1 is 1.35 bits per heavy atom. The molecular weight excluding hydrogens is 280 g/mol. The van der Waals surface area contributed by atoms with Crippen molar-refractivity contribution in [2.45, 2.75) is 25.6 Å². The van der Waals surface area contributed by atoms with Gasteiger partial charge in [-0.3, -0.25) is 0 Å². The van der Waals surface area contributed by atoms with Crippen molar-refractivity contribution in [1.29, 1.82) is 0 Å². The molecule has 0 bridgehead atoms. The van der Waals surface area contributed by atoms with Crippen LogP contribution in [0.25, 0.3) is 0 Å². The fourth-order valence-electron chi connectivity index (χ4n) is 1.42. The van der Waals surface area contributed by atoms with Crippen molar-refractivity contribution in [2.75, 3.05) is 20.2 Å². The van der Waals surface area contributed by atoms with Gasteiger partial charge in [-0.15, -0.1) is 0 Å². The van der Waals surface area contributed by atoms with Crippen LogP contribution in [-0.4, -0.2) is 36.9 Å². The Morgan fingerprint density at radius 2 is 1.95 bits per heavy atom. The van der Waals surface area contributed by atoms with Crippen molar-refractivity contribution in [3.05, 3.63) is 34.9 Å². The predicted octanol–water partition coefficient (Wildman–Crippen LogP) is 2.10. The Morgan fingerprint density at radius 3 is 2.50 bits per heavy atom. The predicted molar refractivity (Wildman–Crippen MR) is 78.9 cm³/mol. The summed E-state index contributed by atoms with van der Waals surface area (Å²) in [7, 11) is 1.59. The summed E-state index contributed by atoms with van der Waals surface area (Å²) in [6.07, 6.45) is -0.770. The van der Waals surface area contributed by atoms with Crippen LogP contribution in [0.4, 0.5) is 4.79 Å². The maximum atomic E-state index is 11.6. The highest BCUT2D eigenvalue weighted by molar-refractivity contribution is 6.30. The number of urea groups is 1. The van der Waals surface area contributed by atoms with Gasteiger partial charge >= 0.3 is 6.03 Å². The number of carbonyl (C=O) groups is 1. The molecule has 0 aliphatic heterocycles. The Hall–Kier alpha value is -1.30. The number of aliphatic hydroxyl groups is 1. The maximum Gasteiger partial charge on any atom is 0.314 e. The molecule has 0 aliphatic carbocycles. The summed E-state index contributed by atoms with van der Waals surface area (Å²) in [5.41, 5.74) is 0.276. The van der Waals surface area contributed by atoms with Gasteiger partial charge in [-0.1, -0.05) is 23.7 Å². The van der Waals surface area contributed by atoms with Crippen molar-refractivity contribution >= 4 is 17.6 Å². The summed E-state index contributed by atoms with van der Waals surface area (Å²) in [4.78, 5) is 11.6. The zero-order chi connectivity index (χ0) is 15.2. The Balaban J connectivity index is 2.35. The maximum absolute atomic E-state index is 11.6. The minimum absolute atomic E-state index is 0.126. The topological polar surface area (TPSA) is 70.6 Å². The highest BCUT2D eigenvalue weighted by Crippen LogP contribution is 2.15. The van der Waals surface area contributed by atoms with Crippen molar-refractivity contribution in [3.8, 4) is 0 Å². The summed E-state index contributed by atoms with van der Waals surface area (Å²) in [5, 5.41) is 15.8. The molecule has 1 atom stereocenters. The van der Waals surface area contributed by atoms with E-state index >= 15 is 0 Å². The van der Waals surface area contributed by atoms with Gasteiger partial charge in [0.05, 0.1) is 11.7 Å². The summed E-state index contributed by atoms with van der Waals surface area (Å²) >= 11 is 5.77. The van der Waals surface area contributed by atoms with Gasteiger partial charge in [-0.05, 0) is 31.5 Å². The highest BCUT2D eigenvalue weighted by atomic mass is 35.5. The number of methoxy groups -OCH3 is 1. The van der Waals surface area contributed by atoms with Gasteiger partial charge in [0.25, 0.3) is 0 Å². The lowest BCUT2D eigenvalue weighted by molar-refractivity contribution is 0.0253. The normalized spacial score (nSPS) is 12.8. The van der Waals surface area contributed by atoms with E-state index in [1.54, 1.807) is 31.4 Å². The molecule has 2 amide bonds. The summed E-state index contributed by atoms with van der Waals surface area (Å²) in [6.45, 7) is 4.25. The lowest BCUT2D eigenvalue weighted by Crippen LogP contribution is -2.45. The first kappa shape index (κ1) is 16.8. The van der Waals surface area contributed by atoms with Crippen LogP contribution >= 0.6 is 11.6 Å². The molecule has 1 rings (SSSR count). The van der Waals surface area contributed by atoms with E-state index in [9.17, 15) is 9.90 Å². The number of rotatable bonds is 6. The van der Waals surface area contributed by atoms with Crippen molar-refractivity contribution < 1.29 is 14.6 Å². The van der Waals surface area contributed by atoms with E-state index in [1.165, 1.54) is 0 Å². The second-order valence-corrected chi connectivity index (χ2v) is 5.53. The average molecular weight is 301 g/mol. The lowest BCUT2D eigenvalue weighted by Gasteiger charge is -2.23. The average Bonchev–Trinajstić information content (AvgIpc) is 2.43. The van der Waals surface area contributed by atoms with Gasteiger partial charge in [-0.25, -0.2) is 4.79 Å². The van der Waals surface area contributed by atoms with E-state index in [4.69, 9.17) is 16.3 Å². The lowest BCUT2D eigenvalue weighted by atomic mass is 10.1. The second kappa shape index (κ2) is 7.47. The van der Waals surface area contributed by atoms with Crippen LogP contribution in [-0.2, 0) is 4.74 Å². The van der Waals surface area contributed by atoms with Gasteiger partial charge in [0, 0.05) is 25.2 Å². The Bertz CT molecular complexity index is 435. The zero-order valence-corrected chi connectivity index (χ0v) is 12.7. The molecule has 20 heavy (non-hydrogen) atoms. The summed E-state index contributed by atoms with van der Waals surface area (Å²) in [5.74, 6) is 0. The van der Waals surface area contributed by atoms with Gasteiger partial charge in [0.1, 0.15) is 0 Å². The number of carbonyl (C=O) groups excluding carboxylic acids is 1. The van der Waals surface area contributed by atoms with Crippen LogP contribution in [0.5, 0.6) is 0 Å². The van der Waals surface area contributed by atoms with E-state index < -0.39 is 11.7 Å². The molecule has 112 valence electrons. The molecule has 0 fully saturated rings. The fourth-order valence-corrected chi connectivity index (χ4v) is 1.55. The molecule has 0 spiro atoms. The third-order valence-electron chi connectivity index (χ3n) is 2.94. The van der Waals surface area contributed by atoms with Gasteiger partial charge < -0.3 is 20.5 Å². The highest BCUT2D eigenvalue weighted by Gasteiger charge is 2.17. The quantitative estimate of drug-likeness (QED) is 0.753. The smallest absolute Gasteiger partial charge is 0.314 e. The number of aliphatic hydroxyl groups excluding tert-OH is 1. The van der Waals surface area contributed by atoms with Crippen molar-refractivity contribution in [1.82, 2.24) is 10.6 Å². The standard InChI is InChI=1S/C14H21ClN2O3/c1-14(2,20-3)9-17-13(19)16-8-12(18)10-4-6-11(15)7-5-10/h4-7,12,18H,8-9H2,1-3H3,(H2,16,17,19). The van der Waals surface area contributed by atoms with Crippen molar-refractivity contribution in [2.24, 2.45) is 0 Å². The molecule has 5 nitrogen and oxygen atoms in total. The molecular formula is C14H21ClN2O3. The number of nitrogens with one attached hydrogen (secondary N) is 2. The largest absolute Gasteiger partial charge is 0.387 e. The van der Waals surface area contributed by atoms with Crippen molar-refractivity contribution in [3.63, 3.8) is 0 Å². The fraction of sp³-hybridized carbons (Fsp3) is 0.500. The Kier molecular flexibility index (Phi) is 6.26. The van der Waals surface area contributed by atoms with E-state index in [2.05, 4.69) is 10.6 Å². The molecule has 1 unspecified atom stereocenters. The zero-order valence-electron chi connectivity index (χ0n) is 11.9. The Labute approximate surface area is 124 Å². The van der Waals surface area contributed by atoms with Gasteiger partial charge in [0.2, 0.25) is 0 Å². The molecule has 1 aromatic carbocycles. The van der Waals surface area contributed by atoms with Gasteiger partial charge in [0.15, 0.2) is 0 Å². The number of benzene rings is 1. The van der Waals surface area contributed by atoms with Crippen LogP contribution in [0.1, 0.15) is 25.5 Å². The number of hydrogen-bond acceptors (Lipinski definition) is 3. The third-order valence-corrected chi connectivity index (χ3v) is 3.19. The van der Waals surface area contributed by atoms with Crippen LogP contribution in [0.2, 0.25) is 5.02 Å². The monoisotopic (exact) mass is 300 g/mol. The van der Waals surface area contributed by atoms with E-state index in [-0.39, 0.29) is 12.6 Å². The SMILES string of the molecule is COC(C)(C)CNC(=O)NCC(O)c1ccc(Cl)cc1.